The minimum atomic E-state index is -4.56. The molecule has 33 heavy (non-hydrogen) atoms. The fourth-order valence-electron chi connectivity index (χ4n) is 5.38. The van der Waals surface area contributed by atoms with E-state index in [4.69, 9.17) is 10.00 Å². The Labute approximate surface area is 192 Å². The molecule has 0 amide bonds. The molecule has 2 aliphatic heterocycles. The van der Waals surface area contributed by atoms with Crippen molar-refractivity contribution in [2.45, 2.75) is 25.6 Å². The van der Waals surface area contributed by atoms with Gasteiger partial charge in [-0.1, -0.05) is 12.1 Å². The molecule has 2 heterocycles. The molecule has 0 bridgehead atoms. The minimum Gasteiger partial charge on any atom is -0.497 e. The van der Waals surface area contributed by atoms with Crippen molar-refractivity contribution in [3.63, 3.8) is 0 Å². The highest BCUT2D eigenvalue weighted by molar-refractivity contribution is 5.55. The SMILES string of the molecule is COc1cccc(CN2CC(CO)C3(CCN(c4ccc(C#N)c(C(F)(F)F)c4)CC3)C2)c1. The number of alkyl halides is 3. The molecular formula is C25H28F3N3O2. The van der Waals surface area contributed by atoms with Crippen LogP contribution < -0.4 is 9.64 Å². The Hall–Kier alpha value is -2.76. The topological polar surface area (TPSA) is 59.7 Å². The number of methoxy groups -OCH3 is 1. The molecule has 2 aromatic carbocycles. The molecule has 2 aliphatic rings. The lowest BCUT2D eigenvalue weighted by molar-refractivity contribution is -0.137. The second-order valence-electron chi connectivity index (χ2n) is 9.09. The Morgan fingerprint density at radius 3 is 2.58 bits per heavy atom. The van der Waals surface area contributed by atoms with Crippen molar-refractivity contribution in [3.05, 3.63) is 59.2 Å². The lowest BCUT2D eigenvalue weighted by Gasteiger charge is -2.43. The zero-order chi connectivity index (χ0) is 23.6. The summed E-state index contributed by atoms with van der Waals surface area (Å²) in [6, 6.07) is 13.5. The molecule has 4 rings (SSSR count). The molecule has 2 fully saturated rings. The van der Waals surface area contributed by atoms with Crippen molar-refractivity contribution in [1.82, 2.24) is 4.90 Å². The number of likely N-dealkylation sites (tertiary alicyclic amines) is 1. The molecular weight excluding hydrogens is 431 g/mol. The first-order chi connectivity index (χ1) is 15.8. The van der Waals surface area contributed by atoms with Crippen molar-refractivity contribution >= 4 is 5.69 Å². The molecule has 5 nitrogen and oxygen atoms in total. The standard InChI is InChI=1S/C25H28F3N3O2/c1-33-22-4-2-3-18(11-22)14-30-15-20(16-32)24(17-30)7-9-31(10-8-24)21-6-5-19(13-29)23(12-21)25(26,27)28/h2-6,11-12,20,32H,7-10,14-17H2,1H3. The number of aliphatic hydroxyl groups is 1. The number of hydrogen-bond donors (Lipinski definition) is 1. The Morgan fingerprint density at radius 1 is 1.18 bits per heavy atom. The Bertz CT molecular complexity index is 1030. The van der Waals surface area contributed by atoms with Crippen LogP contribution in [0, 0.1) is 22.7 Å². The largest absolute Gasteiger partial charge is 0.497 e. The number of anilines is 1. The number of nitrogens with zero attached hydrogens (tertiary/aromatic N) is 3. The number of benzene rings is 2. The van der Waals surface area contributed by atoms with E-state index in [1.54, 1.807) is 19.2 Å². The number of piperidine rings is 1. The lowest BCUT2D eigenvalue weighted by atomic mass is 9.71. The van der Waals surface area contributed by atoms with Crippen LogP contribution >= 0.6 is 0 Å². The van der Waals surface area contributed by atoms with Gasteiger partial charge < -0.3 is 14.7 Å². The highest BCUT2D eigenvalue weighted by Crippen LogP contribution is 2.46. The predicted molar refractivity (Wildman–Crippen MR) is 119 cm³/mol. The summed E-state index contributed by atoms with van der Waals surface area (Å²) in [7, 11) is 1.64. The summed E-state index contributed by atoms with van der Waals surface area (Å²) in [6.45, 7) is 3.75. The smallest absolute Gasteiger partial charge is 0.417 e. The van der Waals surface area contributed by atoms with Crippen LogP contribution in [0.5, 0.6) is 5.75 Å². The molecule has 0 aliphatic carbocycles. The molecule has 1 spiro atoms. The third-order valence-corrected chi connectivity index (χ3v) is 7.20. The molecule has 2 saturated heterocycles. The summed E-state index contributed by atoms with van der Waals surface area (Å²) >= 11 is 0. The molecule has 2 aromatic rings. The monoisotopic (exact) mass is 459 g/mol. The van der Waals surface area contributed by atoms with Crippen LogP contribution in [-0.4, -0.2) is 49.9 Å². The van der Waals surface area contributed by atoms with Gasteiger partial charge in [-0.2, -0.15) is 18.4 Å². The Morgan fingerprint density at radius 2 is 1.94 bits per heavy atom. The van der Waals surface area contributed by atoms with Gasteiger partial charge in [0.2, 0.25) is 0 Å². The van der Waals surface area contributed by atoms with Crippen molar-refractivity contribution in [2.75, 3.05) is 44.8 Å². The third-order valence-electron chi connectivity index (χ3n) is 7.20. The van der Waals surface area contributed by atoms with Gasteiger partial charge in [0.05, 0.1) is 24.3 Å². The van der Waals surface area contributed by atoms with Crippen LogP contribution in [0.25, 0.3) is 0 Å². The molecule has 0 aromatic heterocycles. The quantitative estimate of drug-likeness (QED) is 0.723. The number of nitriles is 1. The predicted octanol–water partition coefficient (Wildman–Crippen LogP) is 4.30. The molecule has 1 unspecified atom stereocenters. The Kier molecular flexibility index (Phi) is 6.55. The van der Waals surface area contributed by atoms with Gasteiger partial charge in [-0.25, -0.2) is 0 Å². The molecule has 176 valence electrons. The van der Waals surface area contributed by atoms with E-state index in [2.05, 4.69) is 11.0 Å². The zero-order valence-corrected chi connectivity index (χ0v) is 18.6. The lowest BCUT2D eigenvalue weighted by Crippen LogP contribution is -2.45. The van der Waals surface area contributed by atoms with E-state index in [-0.39, 0.29) is 23.5 Å². The number of rotatable bonds is 5. The fraction of sp³-hybridized carbons (Fsp3) is 0.480. The van der Waals surface area contributed by atoms with Crippen molar-refractivity contribution < 1.29 is 23.0 Å². The van der Waals surface area contributed by atoms with Gasteiger partial charge in [0.15, 0.2) is 0 Å². The minimum absolute atomic E-state index is 0.0520. The average molecular weight is 460 g/mol. The van der Waals surface area contributed by atoms with Crippen molar-refractivity contribution in [3.8, 4) is 11.8 Å². The third kappa shape index (κ3) is 4.80. The first-order valence-electron chi connectivity index (χ1n) is 11.1. The summed E-state index contributed by atoms with van der Waals surface area (Å²) in [5.74, 6) is 0.950. The summed E-state index contributed by atoms with van der Waals surface area (Å²) < 4.78 is 45.5. The van der Waals surface area contributed by atoms with Crippen molar-refractivity contribution in [1.29, 1.82) is 5.26 Å². The van der Waals surface area contributed by atoms with Crippen LogP contribution in [0.15, 0.2) is 42.5 Å². The second kappa shape index (κ2) is 9.24. The first kappa shape index (κ1) is 23.4. The van der Waals surface area contributed by atoms with E-state index in [1.165, 1.54) is 6.07 Å². The van der Waals surface area contributed by atoms with E-state index in [0.29, 0.717) is 18.8 Å². The average Bonchev–Trinajstić information content (AvgIpc) is 3.14. The number of aliphatic hydroxyl groups excluding tert-OH is 1. The van der Waals surface area contributed by atoms with Gasteiger partial charge in [-0.3, -0.25) is 4.90 Å². The summed E-state index contributed by atoms with van der Waals surface area (Å²) in [5, 5.41) is 19.1. The van der Waals surface area contributed by atoms with E-state index in [9.17, 15) is 18.3 Å². The van der Waals surface area contributed by atoms with Crippen molar-refractivity contribution in [2.24, 2.45) is 11.3 Å². The molecule has 0 saturated carbocycles. The van der Waals surface area contributed by atoms with E-state index in [1.807, 2.05) is 23.1 Å². The number of halogens is 3. The zero-order valence-electron chi connectivity index (χ0n) is 18.6. The normalized spacial score (nSPS) is 20.7. The van der Waals surface area contributed by atoms with Gasteiger partial charge in [0.25, 0.3) is 0 Å². The van der Waals surface area contributed by atoms with Gasteiger partial charge in [-0.05, 0) is 54.2 Å². The molecule has 1 atom stereocenters. The molecule has 1 N–H and O–H groups in total. The van der Waals surface area contributed by atoms with Crippen LogP contribution in [0.1, 0.15) is 29.5 Å². The van der Waals surface area contributed by atoms with E-state index >= 15 is 0 Å². The van der Waals surface area contributed by atoms with Crippen LogP contribution in [0.3, 0.4) is 0 Å². The highest BCUT2D eigenvalue weighted by atomic mass is 19.4. The van der Waals surface area contributed by atoms with Gasteiger partial charge in [0, 0.05) is 50.9 Å². The van der Waals surface area contributed by atoms with Gasteiger partial charge in [0.1, 0.15) is 5.75 Å². The molecule has 0 radical (unpaired) electrons. The maximum atomic E-state index is 13.4. The highest BCUT2D eigenvalue weighted by Gasteiger charge is 2.47. The summed E-state index contributed by atoms with van der Waals surface area (Å²) in [6.07, 6.45) is -2.96. The van der Waals surface area contributed by atoms with Crippen LogP contribution in [0.2, 0.25) is 0 Å². The summed E-state index contributed by atoms with van der Waals surface area (Å²) in [4.78, 5) is 4.32. The van der Waals surface area contributed by atoms with Gasteiger partial charge >= 0.3 is 6.18 Å². The maximum absolute atomic E-state index is 13.4. The van der Waals surface area contributed by atoms with Gasteiger partial charge in [-0.15, -0.1) is 0 Å². The molecule has 8 heteroatoms. The van der Waals surface area contributed by atoms with Crippen LogP contribution in [-0.2, 0) is 12.7 Å². The van der Waals surface area contributed by atoms with E-state index < -0.39 is 11.7 Å². The summed E-state index contributed by atoms with van der Waals surface area (Å²) in [5.41, 5.74) is 0.343. The second-order valence-corrected chi connectivity index (χ2v) is 9.09. The number of ether oxygens (including phenoxy) is 1. The maximum Gasteiger partial charge on any atom is 0.417 e. The fourth-order valence-corrected chi connectivity index (χ4v) is 5.38. The first-order valence-corrected chi connectivity index (χ1v) is 11.1. The number of hydrogen-bond acceptors (Lipinski definition) is 5. The Balaban J connectivity index is 1.46. The van der Waals surface area contributed by atoms with E-state index in [0.717, 1.165) is 49.9 Å². The van der Waals surface area contributed by atoms with Crippen LogP contribution in [0.4, 0.5) is 18.9 Å².